The smallest absolute Gasteiger partial charge is 0.0713 e. The lowest BCUT2D eigenvalue weighted by Crippen LogP contribution is -2.19. The highest BCUT2D eigenvalue weighted by molar-refractivity contribution is 5.28. The number of aryl methyl sites for hydroxylation is 1. The molecule has 3 nitrogen and oxygen atoms in total. The topological polar surface area (TPSA) is 34.1 Å². The second-order valence-electron chi connectivity index (χ2n) is 5.27. The summed E-state index contributed by atoms with van der Waals surface area (Å²) in [5.41, 5.74) is 5.12. The number of methoxy groups -OCH3 is 1. The molecule has 1 aromatic carbocycles. The van der Waals surface area contributed by atoms with Crippen molar-refractivity contribution in [3.8, 4) is 0 Å². The molecule has 1 aliphatic carbocycles. The Kier molecular flexibility index (Phi) is 4.09. The van der Waals surface area contributed by atoms with Crippen molar-refractivity contribution in [2.24, 2.45) is 0 Å². The van der Waals surface area contributed by atoms with Gasteiger partial charge in [0.05, 0.1) is 18.3 Å². The first-order valence-corrected chi connectivity index (χ1v) is 7.11. The zero-order chi connectivity index (χ0) is 13.8. The van der Waals surface area contributed by atoms with Crippen LogP contribution in [-0.2, 0) is 24.3 Å². The van der Waals surface area contributed by atoms with Gasteiger partial charge in [-0.25, -0.2) is 0 Å². The molecular weight excluding hydrogens is 248 g/mol. The van der Waals surface area contributed by atoms with Crippen molar-refractivity contribution in [2.75, 3.05) is 7.11 Å². The first kappa shape index (κ1) is 13.3. The summed E-state index contributed by atoms with van der Waals surface area (Å²) in [5, 5.41) is 3.62. The van der Waals surface area contributed by atoms with Crippen LogP contribution in [-0.4, -0.2) is 12.1 Å². The van der Waals surface area contributed by atoms with Crippen LogP contribution in [0.15, 0.2) is 42.6 Å². The van der Waals surface area contributed by atoms with Crippen molar-refractivity contribution in [1.29, 1.82) is 0 Å². The van der Waals surface area contributed by atoms with E-state index >= 15 is 0 Å². The third-order valence-electron chi connectivity index (χ3n) is 3.81. The molecule has 0 fully saturated rings. The zero-order valence-electron chi connectivity index (χ0n) is 11.8. The molecule has 1 heterocycles. The molecule has 0 spiro atoms. The van der Waals surface area contributed by atoms with Gasteiger partial charge in [-0.05, 0) is 35.6 Å². The van der Waals surface area contributed by atoms with E-state index < -0.39 is 0 Å². The van der Waals surface area contributed by atoms with Crippen LogP contribution in [0.25, 0.3) is 0 Å². The summed E-state index contributed by atoms with van der Waals surface area (Å²) < 4.78 is 5.18. The van der Waals surface area contributed by atoms with Gasteiger partial charge < -0.3 is 10.1 Å². The number of hydrogen-bond donors (Lipinski definition) is 1. The zero-order valence-corrected chi connectivity index (χ0v) is 11.8. The SMILES string of the molecule is COCc1cccc(CNC2CCc3cccnc32)c1. The van der Waals surface area contributed by atoms with E-state index in [-0.39, 0.29) is 0 Å². The van der Waals surface area contributed by atoms with Crippen LogP contribution in [0.5, 0.6) is 0 Å². The van der Waals surface area contributed by atoms with Gasteiger partial charge in [0.1, 0.15) is 0 Å². The van der Waals surface area contributed by atoms with E-state index in [1.165, 1.54) is 22.4 Å². The Balaban J connectivity index is 1.64. The monoisotopic (exact) mass is 268 g/mol. The minimum absolute atomic E-state index is 0.386. The largest absolute Gasteiger partial charge is 0.380 e. The van der Waals surface area contributed by atoms with Gasteiger partial charge in [0.15, 0.2) is 0 Å². The Morgan fingerprint density at radius 3 is 3.05 bits per heavy atom. The van der Waals surface area contributed by atoms with Gasteiger partial charge in [-0.15, -0.1) is 0 Å². The molecule has 3 rings (SSSR count). The molecular formula is C17H20N2O. The molecule has 1 aliphatic rings. The van der Waals surface area contributed by atoms with E-state index in [2.05, 4.69) is 40.6 Å². The summed E-state index contributed by atoms with van der Waals surface area (Å²) in [7, 11) is 1.73. The van der Waals surface area contributed by atoms with E-state index in [1.54, 1.807) is 7.11 Å². The number of pyridine rings is 1. The van der Waals surface area contributed by atoms with Gasteiger partial charge in [0, 0.05) is 19.9 Å². The molecule has 0 aliphatic heterocycles. The molecule has 0 saturated heterocycles. The van der Waals surface area contributed by atoms with Crippen molar-refractivity contribution in [2.45, 2.75) is 32.0 Å². The van der Waals surface area contributed by atoms with Crippen LogP contribution >= 0.6 is 0 Å². The molecule has 0 radical (unpaired) electrons. The van der Waals surface area contributed by atoms with E-state index in [1.807, 2.05) is 12.3 Å². The molecule has 3 heteroatoms. The van der Waals surface area contributed by atoms with Crippen LogP contribution in [0.1, 0.15) is 34.8 Å². The van der Waals surface area contributed by atoms with Crippen molar-refractivity contribution < 1.29 is 4.74 Å². The molecule has 1 atom stereocenters. The third-order valence-corrected chi connectivity index (χ3v) is 3.81. The highest BCUT2D eigenvalue weighted by Crippen LogP contribution is 2.29. The van der Waals surface area contributed by atoms with Crippen molar-refractivity contribution in [1.82, 2.24) is 10.3 Å². The lowest BCUT2D eigenvalue weighted by atomic mass is 10.1. The van der Waals surface area contributed by atoms with Crippen LogP contribution in [0.3, 0.4) is 0 Å². The summed E-state index contributed by atoms with van der Waals surface area (Å²) in [6, 6.07) is 13.1. The summed E-state index contributed by atoms with van der Waals surface area (Å²) in [6.45, 7) is 1.54. The number of hydrogen-bond acceptors (Lipinski definition) is 3. The van der Waals surface area contributed by atoms with Crippen molar-refractivity contribution in [3.63, 3.8) is 0 Å². The summed E-state index contributed by atoms with van der Waals surface area (Å²) in [4.78, 5) is 4.52. The average Bonchev–Trinajstić information content (AvgIpc) is 2.89. The number of rotatable bonds is 5. The molecule has 104 valence electrons. The van der Waals surface area contributed by atoms with Gasteiger partial charge >= 0.3 is 0 Å². The highest BCUT2D eigenvalue weighted by atomic mass is 16.5. The van der Waals surface area contributed by atoms with E-state index in [0.29, 0.717) is 12.6 Å². The number of fused-ring (bicyclic) bond motifs is 1. The molecule has 0 amide bonds. The first-order valence-electron chi connectivity index (χ1n) is 7.11. The summed E-state index contributed by atoms with van der Waals surface area (Å²) >= 11 is 0. The first-order chi connectivity index (χ1) is 9.86. The lowest BCUT2D eigenvalue weighted by molar-refractivity contribution is 0.185. The minimum Gasteiger partial charge on any atom is -0.380 e. The highest BCUT2D eigenvalue weighted by Gasteiger charge is 2.22. The maximum atomic E-state index is 5.18. The maximum Gasteiger partial charge on any atom is 0.0713 e. The predicted octanol–water partition coefficient (Wildman–Crippen LogP) is 3.01. The quantitative estimate of drug-likeness (QED) is 0.905. The average molecular weight is 268 g/mol. The number of benzene rings is 1. The van der Waals surface area contributed by atoms with Crippen LogP contribution in [0, 0.1) is 0 Å². The fourth-order valence-electron chi connectivity index (χ4n) is 2.85. The van der Waals surface area contributed by atoms with Crippen LogP contribution in [0.2, 0.25) is 0 Å². The number of aromatic nitrogens is 1. The second-order valence-corrected chi connectivity index (χ2v) is 5.27. The standard InChI is InChI=1S/C17H20N2O/c1-20-12-14-5-2-4-13(10-14)11-19-16-8-7-15-6-3-9-18-17(15)16/h2-6,9-10,16,19H,7-8,11-12H2,1H3. The molecule has 0 bridgehead atoms. The van der Waals surface area contributed by atoms with Crippen molar-refractivity contribution in [3.05, 3.63) is 65.0 Å². The second kappa shape index (κ2) is 6.16. The van der Waals surface area contributed by atoms with Gasteiger partial charge in [-0.3, -0.25) is 4.98 Å². The number of nitrogens with one attached hydrogen (secondary N) is 1. The summed E-state index contributed by atoms with van der Waals surface area (Å²) in [5.74, 6) is 0. The molecule has 0 saturated carbocycles. The Hall–Kier alpha value is -1.71. The Bertz CT molecular complexity index is 583. The number of ether oxygens (including phenoxy) is 1. The van der Waals surface area contributed by atoms with E-state index in [4.69, 9.17) is 4.74 Å². The molecule has 1 aromatic heterocycles. The van der Waals surface area contributed by atoms with E-state index in [0.717, 1.165) is 19.4 Å². The predicted molar refractivity (Wildman–Crippen MR) is 79.3 cm³/mol. The number of nitrogens with zero attached hydrogens (tertiary/aromatic N) is 1. The van der Waals surface area contributed by atoms with Gasteiger partial charge in [0.2, 0.25) is 0 Å². The maximum absolute atomic E-state index is 5.18. The fourth-order valence-corrected chi connectivity index (χ4v) is 2.85. The molecule has 1 N–H and O–H groups in total. The van der Waals surface area contributed by atoms with Crippen LogP contribution in [0.4, 0.5) is 0 Å². The van der Waals surface area contributed by atoms with Gasteiger partial charge in [-0.1, -0.05) is 30.3 Å². The van der Waals surface area contributed by atoms with Crippen LogP contribution < -0.4 is 5.32 Å². The lowest BCUT2D eigenvalue weighted by Gasteiger charge is -2.13. The Morgan fingerprint density at radius 1 is 1.25 bits per heavy atom. The molecule has 2 aromatic rings. The Morgan fingerprint density at radius 2 is 2.15 bits per heavy atom. The molecule has 1 unspecified atom stereocenters. The third kappa shape index (κ3) is 2.89. The normalized spacial score (nSPS) is 17.1. The minimum atomic E-state index is 0.386. The van der Waals surface area contributed by atoms with Crippen molar-refractivity contribution >= 4 is 0 Å². The fraction of sp³-hybridized carbons (Fsp3) is 0.353. The summed E-state index contributed by atoms with van der Waals surface area (Å²) in [6.07, 6.45) is 4.16. The van der Waals surface area contributed by atoms with Gasteiger partial charge in [0.25, 0.3) is 0 Å². The van der Waals surface area contributed by atoms with E-state index in [9.17, 15) is 0 Å². The van der Waals surface area contributed by atoms with Gasteiger partial charge in [-0.2, -0.15) is 0 Å². The Labute approximate surface area is 120 Å². The molecule has 20 heavy (non-hydrogen) atoms.